The van der Waals surface area contributed by atoms with Crippen LogP contribution < -0.4 is 0 Å². The summed E-state index contributed by atoms with van der Waals surface area (Å²) in [6.07, 6.45) is 14.6. The zero-order valence-electron chi connectivity index (χ0n) is 13.4. The lowest BCUT2D eigenvalue weighted by molar-refractivity contribution is 0.905. The van der Waals surface area contributed by atoms with E-state index >= 15 is 0 Å². The molecule has 0 amide bonds. The van der Waals surface area contributed by atoms with Crippen LogP contribution in [0.25, 0.3) is 5.57 Å². The van der Waals surface area contributed by atoms with Crippen LogP contribution in [0.1, 0.15) is 50.2 Å². The number of aryl methyl sites for hydroxylation is 1. The Morgan fingerprint density at radius 1 is 1.24 bits per heavy atom. The molecule has 110 valence electrons. The standard InChI is InChI=1S/C21H26/c1-4-6-10-18(8-5-2)19-12-14-20(15-13-19)21-11-7-9-17(3)16-21/h4,7-9,11-12,14,16H,1,5-6,10,13,15H2,2-3H3/b18-8+. The number of hydrogen-bond acceptors (Lipinski definition) is 0. The lowest BCUT2D eigenvalue weighted by Crippen LogP contribution is -1.97. The minimum absolute atomic E-state index is 1.07. The van der Waals surface area contributed by atoms with Gasteiger partial charge in [0.2, 0.25) is 0 Å². The molecule has 0 fully saturated rings. The van der Waals surface area contributed by atoms with Crippen LogP contribution in [0.3, 0.4) is 0 Å². The third kappa shape index (κ3) is 4.32. The molecule has 0 N–H and O–H groups in total. The van der Waals surface area contributed by atoms with E-state index in [9.17, 15) is 0 Å². The maximum Gasteiger partial charge on any atom is -0.0222 e. The lowest BCUT2D eigenvalue weighted by Gasteiger charge is -2.18. The van der Waals surface area contributed by atoms with Crippen LogP contribution in [-0.2, 0) is 0 Å². The van der Waals surface area contributed by atoms with Crippen molar-refractivity contribution < 1.29 is 0 Å². The Kier molecular flexibility index (Phi) is 5.80. The van der Waals surface area contributed by atoms with Crippen LogP contribution in [0.2, 0.25) is 0 Å². The van der Waals surface area contributed by atoms with Gasteiger partial charge in [-0.3, -0.25) is 0 Å². The highest BCUT2D eigenvalue weighted by Gasteiger charge is 2.11. The van der Waals surface area contributed by atoms with Gasteiger partial charge in [0.1, 0.15) is 0 Å². The first-order valence-electron chi connectivity index (χ1n) is 8.01. The van der Waals surface area contributed by atoms with Crippen molar-refractivity contribution in [3.05, 3.63) is 77.4 Å². The molecule has 0 aliphatic heterocycles. The molecule has 1 aromatic rings. The molecule has 0 spiro atoms. The van der Waals surface area contributed by atoms with Gasteiger partial charge in [-0.1, -0.05) is 61.1 Å². The van der Waals surface area contributed by atoms with Crippen molar-refractivity contribution in [2.75, 3.05) is 0 Å². The van der Waals surface area contributed by atoms with Crippen LogP contribution in [0.4, 0.5) is 0 Å². The van der Waals surface area contributed by atoms with E-state index in [4.69, 9.17) is 0 Å². The van der Waals surface area contributed by atoms with Crippen molar-refractivity contribution in [1.82, 2.24) is 0 Å². The highest BCUT2D eigenvalue weighted by atomic mass is 14.2. The summed E-state index contributed by atoms with van der Waals surface area (Å²) in [5.41, 5.74) is 7.19. The molecule has 0 bridgehead atoms. The molecular formula is C21H26. The van der Waals surface area contributed by atoms with Gasteiger partial charge in [0.15, 0.2) is 0 Å². The Morgan fingerprint density at radius 2 is 2.10 bits per heavy atom. The van der Waals surface area contributed by atoms with E-state index in [1.807, 2.05) is 6.08 Å². The van der Waals surface area contributed by atoms with Gasteiger partial charge in [0.05, 0.1) is 0 Å². The Balaban J connectivity index is 2.18. The third-order valence-electron chi connectivity index (χ3n) is 4.02. The van der Waals surface area contributed by atoms with E-state index in [0.717, 1.165) is 32.1 Å². The fraction of sp³-hybridized carbons (Fsp3) is 0.333. The first kappa shape index (κ1) is 15.6. The molecule has 0 heteroatoms. The van der Waals surface area contributed by atoms with Gasteiger partial charge in [-0.2, -0.15) is 0 Å². The molecule has 0 saturated heterocycles. The molecule has 1 aliphatic rings. The van der Waals surface area contributed by atoms with E-state index < -0.39 is 0 Å². The molecule has 0 radical (unpaired) electrons. The van der Waals surface area contributed by atoms with Crippen LogP contribution >= 0.6 is 0 Å². The lowest BCUT2D eigenvalue weighted by atomic mass is 9.87. The smallest absolute Gasteiger partial charge is 0.0222 e. The highest BCUT2D eigenvalue weighted by molar-refractivity contribution is 5.70. The van der Waals surface area contributed by atoms with Gasteiger partial charge >= 0.3 is 0 Å². The summed E-state index contributed by atoms with van der Waals surface area (Å²) in [5.74, 6) is 0. The Morgan fingerprint density at radius 3 is 2.71 bits per heavy atom. The molecule has 0 aromatic heterocycles. The third-order valence-corrected chi connectivity index (χ3v) is 4.02. The van der Waals surface area contributed by atoms with Crippen molar-refractivity contribution in [3.8, 4) is 0 Å². The second-order valence-corrected chi connectivity index (χ2v) is 5.72. The molecule has 1 aliphatic carbocycles. The second kappa shape index (κ2) is 7.83. The summed E-state index contributed by atoms with van der Waals surface area (Å²) < 4.78 is 0. The summed E-state index contributed by atoms with van der Waals surface area (Å²) in [6.45, 7) is 8.21. The monoisotopic (exact) mass is 278 g/mol. The summed E-state index contributed by atoms with van der Waals surface area (Å²) in [4.78, 5) is 0. The number of hydrogen-bond donors (Lipinski definition) is 0. The second-order valence-electron chi connectivity index (χ2n) is 5.72. The highest BCUT2D eigenvalue weighted by Crippen LogP contribution is 2.31. The summed E-state index contributed by atoms with van der Waals surface area (Å²) in [5, 5.41) is 0. The van der Waals surface area contributed by atoms with Gasteiger partial charge in [-0.25, -0.2) is 0 Å². The van der Waals surface area contributed by atoms with Gasteiger partial charge in [-0.15, -0.1) is 6.58 Å². The van der Waals surface area contributed by atoms with Crippen molar-refractivity contribution in [2.24, 2.45) is 0 Å². The average molecular weight is 278 g/mol. The number of rotatable bonds is 6. The first-order valence-corrected chi connectivity index (χ1v) is 8.01. The van der Waals surface area contributed by atoms with Crippen LogP contribution in [-0.4, -0.2) is 0 Å². The van der Waals surface area contributed by atoms with Crippen molar-refractivity contribution >= 4 is 5.57 Å². The molecule has 0 atom stereocenters. The summed E-state index contributed by atoms with van der Waals surface area (Å²) in [7, 11) is 0. The van der Waals surface area contributed by atoms with Gasteiger partial charge < -0.3 is 0 Å². The van der Waals surface area contributed by atoms with Crippen molar-refractivity contribution in [2.45, 2.75) is 46.0 Å². The van der Waals surface area contributed by atoms with E-state index in [1.165, 1.54) is 27.8 Å². The molecule has 0 heterocycles. The summed E-state index contributed by atoms with van der Waals surface area (Å²) >= 11 is 0. The fourth-order valence-corrected chi connectivity index (χ4v) is 2.89. The van der Waals surface area contributed by atoms with Crippen LogP contribution in [0.15, 0.2) is 66.3 Å². The number of allylic oxidation sites excluding steroid dienone is 7. The van der Waals surface area contributed by atoms with Crippen LogP contribution in [0.5, 0.6) is 0 Å². The zero-order valence-corrected chi connectivity index (χ0v) is 13.4. The zero-order chi connectivity index (χ0) is 15.1. The van der Waals surface area contributed by atoms with E-state index in [1.54, 1.807) is 0 Å². The van der Waals surface area contributed by atoms with Crippen LogP contribution in [0, 0.1) is 6.92 Å². The van der Waals surface area contributed by atoms with Crippen molar-refractivity contribution in [3.63, 3.8) is 0 Å². The van der Waals surface area contributed by atoms with Gasteiger partial charge in [-0.05, 0) is 61.3 Å². The molecule has 0 unspecified atom stereocenters. The maximum absolute atomic E-state index is 3.84. The molecule has 21 heavy (non-hydrogen) atoms. The number of benzene rings is 1. The van der Waals surface area contributed by atoms with E-state index in [-0.39, 0.29) is 0 Å². The Labute approximate surface area is 129 Å². The van der Waals surface area contributed by atoms with Gasteiger partial charge in [0, 0.05) is 0 Å². The maximum atomic E-state index is 3.84. The van der Waals surface area contributed by atoms with Crippen molar-refractivity contribution in [1.29, 1.82) is 0 Å². The molecule has 0 nitrogen and oxygen atoms in total. The molecule has 1 aromatic carbocycles. The molecule has 2 rings (SSSR count). The average Bonchev–Trinajstić information content (AvgIpc) is 2.52. The molecular weight excluding hydrogens is 252 g/mol. The predicted molar refractivity (Wildman–Crippen MR) is 94.3 cm³/mol. The topological polar surface area (TPSA) is 0 Å². The summed E-state index contributed by atoms with van der Waals surface area (Å²) in [6, 6.07) is 8.81. The predicted octanol–water partition coefficient (Wildman–Crippen LogP) is 6.40. The minimum atomic E-state index is 1.07. The first-order chi connectivity index (χ1) is 10.2. The Hall–Kier alpha value is -1.82. The minimum Gasteiger partial charge on any atom is -0.103 e. The normalized spacial score (nSPS) is 15.4. The molecule has 0 saturated carbocycles. The quantitative estimate of drug-likeness (QED) is 0.528. The van der Waals surface area contributed by atoms with Gasteiger partial charge in [0.25, 0.3) is 0 Å². The largest absolute Gasteiger partial charge is 0.103 e. The van der Waals surface area contributed by atoms with E-state index in [0.29, 0.717) is 0 Å². The SMILES string of the molecule is C=CCC/C(=C\CC)C1=CC=C(c2cccc(C)c2)CC1. The Bertz CT molecular complexity index is 582. The fourth-order valence-electron chi connectivity index (χ4n) is 2.89. The van der Waals surface area contributed by atoms with E-state index in [2.05, 4.69) is 62.9 Å².